The number of thiazole rings is 1. The van der Waals surface area contributed by atoms with Crippen LogP contribution in [0.4, 0.5) is 0 Å². The van der Waals surface area contributed by atoms with E-state index in [4.69, 9.17) is 0 Å². The molecule has 2 heterocycles. The predicted molar refractivity (Wildman–Crippen MR) is 63.4 cm³/mol. The van der Waals surface area contributed by atoms with E-state index in [9.17, 15) is 4.79 Å². The Morgan fingerprint density at radius 1 is 1.44 bits per heavy atom. The number of carbonyl (C=O) groups is 1. The molecular formula is C11H11N3OS. The van der Waals surface area contributed by atoms with Crippen molar-refractivity contribution in [2.45, 2.75) is 6.92 Å². The van der Waals surface area contributed by atoms with E-state index in [1.54, 1.807) is 12.4 Å². The van der Waals surface area contributed by atoms with Crippen LogP contribution in [0, 0.1) is 0 Å². The zero-order chi connectivity index (χ0) is 11.4. The Morgan fingerprint density at radius 2 is 2.19 bits per heavy atom. The Balaban J connectivity index is 2.23. The van der Waals surface area contributed by atoms with E-state index in [0.717, 1.165) is 11.3 Å². The van der Waals surface area contributed by atoms with Crippen molar-refractivity contribution in [3.8, 4) is 11.3 Å². The summed E-state index contributed by atoms with van der Waals surface area (Å²) in [5.74, 6) is -0.118. The van der Waals surface area contributed by atoms with Gasteiger partial charge in [0.2, 0.25) is 0 Å². The molecular weight excluding hydrogens is 222 g/mol. The first-order valence-corrected chi connectivity index (χ1v) is 5.83. The van der Waals surface area contributed by atoms with Crippen molar-refractivity contribution >= 4 is 17.2 Å². The summed E-state index contributed by atoms with van der Waals surface area (Å²) in [6, 6.07) is 3.74. The third-order valence-corrected chi connectivity index (χ3v) is 2.85. The number of hydrogen-bond donors (Lipinski definition) is 1. The number of pyridine rings is 1. The highest BCUT2D eigenvalue weighted by Gasteiger charge is 2.10. The average Bonchev–Trinajstić information content (AvgIpc) is 2.80. The minimum absolute atomic E-state index is 0.118. The Labute approximate surface area is 97.4 Å². The average molecular weight is 233 g/mol. The first-order chi connectivity index (χ1) is 7.81. The van der Waals surface area contributed by atoms with Crippen LogP contribution in [0.2, 0.25) is 0 Å². The summed E-state index contributed by atoms with van der Waals surface area (Å²) in [6.45, 7) is 2.50. The maximum absolute atomic E-state index is 11.5. The summed E-state index contributed by atoms with van der Waals surface area (Å²) < 4.78 is 0. The zero-order valence-electron chi connectivity index (χ0n) is 8.80. The molecule has 0 aliphatic rings. The first-order valence-electron chi connectivity index (χ1n) is 4.95. The van der Waals surface area contributed by atoms with Crippen LogP contribution >= 0.6 is 11.3 Å². The minimum Gasteiger partial charge on any atom is -0.350 e. The fraction of sp³-hybridized carbons (Fsp3) is 0.182. The summed E-state index contributed by atoms with van der Waals surface area (Å²) >= 11 is 1.35. The van der Waals surface area contributed by atoms with Crippen LogP contribution in [0.15, 0.2) is 29.9 Å². The van der Waals surface area contributed by atoms with Gasteiger partial charge in [-0.3, -0.25) is 9.78 Å². The van der Waals surface area contributed by atoms with E-state index in [2.05, 4.69) is 15.3 Å². The largest absolute Gasteiger partial charge is 0.350 e. The second-order valence-corrected chi connectivity index (χ2v) is 3.99. The predicted octanol–water partition coefficient (Wildman–Crippen LogP) is 1.95. The second kappa shape index (κ2) is 4.85. The molecule has 0 atom stereocenters. The van der Waals surface area contributed by atoms with Gasteiger partial charge in [-0.15, -0.1) is 11.3 Å². The fourth-order valence-electron chi connectivity index (χ4n) is 1.27. The SMILES string of the molecule is CCNC(=O)c1nc(-c2ccncc2)cs1. The number of amides is 1. The third kappa shape index (κ3) is 2.25. The molecule has 0 fully saturated rings. The van der Waals surface area contributed by atoms with E-state index in [1.807, 2.05) is 24.4 Å². The molecule has 5 heteroatoms. The summed E-state index contributed by atoms with van der Waals surface area (Å²) in [6.07, 6.45) is 3.42. The monoisotopic (exact) mass is 233 g/mol. The van der Waals surface area contributed by atoms with Gasteiger partial charge in [0, 0.05) is 29.9 Å². The van der Waals surface area contributed by atoms with E-state index in [-0.39, 0.29) is 5.91 Å². The number of nitrogens with one attached hydrogen (secondary N) is 1. The van der Waals surface area contributed by atoms with Crippen molar-refractivity contribution in [3.05, 3.63) is 34.9 Å². The number of nitrogens with zero attached hydrogens (tertiary/aromatic N) is 2. The van der Waals surface area contributed by atoms with Crippen molar-refractivity contribution in [1.82, 2.24) is 15.3 Å². The van der Waals surface area contributed by atoms with Crippen LogP contribution in [-0.2, 0) is 0 Å². The number of aromatic nitrogens is 2. The standard InChI is InChI=1S/C11H11N3OS/c1-2-13-10(15)11-14-9(7-16-11)8-3-5-12-6-4-8/h3-7H,2H2,1H3,(H,13,15). The van der Waals surface area contributed by atoms with Gasteiger partial charge in [-0.25, -0.2) is 4.98 Å². The Morgan fingerprint density at radius 3 is 2.88 bits per heavy atom. The van der Waals surface area contributed by atoms with Gasteiger partial charge in [-0.1, -0.05) is 0 Å². The smallest absolute Gasteiger partial charge is 0.280 e. The molecule has 0 aromatic carbocycles. The highest BCUT2D eigenvalue weighted by atomic mass is 32.1. The van der Waals surface area contributed by atoms with Crippen molar-refractivity contribution in [3.63, 3.8) is 0 Å². The van der Waals surface area contributed by atoms with Crippen LogP contribution in [0.3, 0.4) is 0 Å². The van der Waals surface area contributed by atoms with Crippen molar-refractivity contribution in [1.29, 1.82) is 0 Å². The van der Waals surface area contributed by atoms with E-state index in [0.29, 0.717) is 11.6 Å². The molecule has 2 aromatic rings. The zero-order valence-corrected chi connectivity index (χ0v) is 9.62. The molecule has 1 amide bonds. The Hall–Kier alpha value is -1.75. The lowest BCUT2D eigenvalue weighted by Gasteiger charge is -1.96. The highest BCUT2D eigenvalue weighted by molar-refractivity contribution is 7.12. The third-order valence-electron chi connectivity index (χ3n) is 2.01. The minimum atomic E-state index is -0.118. The lowest BCUT2D eigenvalue weighted by molar-refractivity contribution is 0.0955. The van der Waals surface area contributed by atoms with Gasteiger partial charge in [0.15, 0.2) is 5.01 Å². The normalized spacial score (nSPS) is 10.1. The molecule has 1 N–H and O–H groups in total. The van der Waals surface area contributed by atoms with Gasteiger partial charge >= 0.3 is 0 Å². The molecule has 16 heavy (non-hydrogen) atoms. The molecule has 0 saturated heterocycles. The van der Waals surface area contributed by atoms with Gasteiger partial charge in [0.05, 0.1) is 5.69 Å². The fourth-order valence-corrected chi connectivity index (χ4v) is 2.01. The Bertz CT molecular complexity index is 481. The molecule has 0 aliphatic carbocycles. The van der Waals surface area contributed by atoms with Crippen molar-refractivity contribution in [2.24, 2.45) is 0 Å². The maximum atomic E-state index is 11.5. The van der Waals surface area contributed by atoms with Gasteiger partial charge in [-0.05, 0) is 19.1 Å². The molecule has 0 bridgehead atoms. The number of rotatable bonds is 3. The highest BCUT2D eigenvalue weighted by Crippen LogP contribution is 2.20. The van der Waals surface area contributed by atoms with Crippen molar-refractivity contribution < 1.29 is 4.79 Å². The quantitative estimate of drug-likeness (QED) is 0.881. The van der Waals surface area contributed by atoms with E-state index >= 15 is 0 Å². The van der Waals surface area contributed by atoms with Crippen molar-refractivity contribution in [2.75, 3.05) is 6.54 Å². The summed E-state index contributed by atoms with van der Waals surface area (Å²) in [4.78, 5) is 19.7. The lowest BCUT2D eigenvalue weighted by atomic mass is 10.2. The Kier molecular flexibility index (Phi) is 3.26. The number of hydrogen-bond acceptors (Lipinski definition) is 4. The van der Waals surface area contributed by atoms with Crippen LogP contribution in [-0.4, -0.2) is 22.4 Å². The molecule has 0 saturated carbocycles. The molecule has 0 spiro atoms. The van der Waals surface area contributed by atoms with Crippen LogP contribution in [0.1, 0.15) is 16.7 Å². The maximum Gasteiger partial charge on any atom is 0.280 e. The van der Waals surface area contributed by atoms with Crippen LogP contribution in [0.5, 0.6) is 0 Å². The molecule has 2 rings (SSSR count). The van der Waals surface area contributed by atoms with E-state index < -0.39 is 0 Å². The first kappa shape index (κ1) is 10.8. The molecule has 2 aromatic heterocycles. The summed E-state index contributed by atoms with van der Waals surface area (Å²) in [7, 11) is 0. The second-order valence-electron chi connectivity index (χ2n) is 3.13. The van der Waals surface area contributed by atoms with Gasteiger partial charge in [-0.2, -0.15) is 0 Å². The van der Waals surface area contributed by atoms with Gasteiger partial charge < -0.3 is 5.32 Å². The molecule has 0 unspecified atom stereocenters. The topological polar surface area (TPSA) is 54.9 Å². The molecule has 82 valence electrons. The van der Waals surface area contributed by atoms with Crippen LogP contribution in [0.25, 0.3) is 11.3 Å². The molecule has 4 nitrogen and oxygen atoms in total. The summed E-state index contributed by atoms with van der Waals surface area (Å²) in [5, 5.41) is 5.09. The van der Waals surface area contributed by atoms with Gasteiger partial charge in [0.1, 0.15) is 0 Å². The number of carbonyl (C=O) groups excluding carboxylic acids is 1. The summed E-state index contributed by atoms with van der Waals surface area (Å²) in [5.41, 5.74) is 1.79. The molecule has 0 aliphatic heterocycles. The van der Waals surface area contributed by atoms with E-state index in [1.165, 1.54) is 11.3 Å². The van der Waals surface area contributed by atoms with Gasteiger partial charge in [0.25, 0.3) is 5.91 Å². The van der Waals surface area contributed by atoms with Crippen LogP contribution < -0.4 is 5.32 Å². The lowest BCUT2D eigenvalue weighted by Crippen LogP contribution is -2.22. The molecule has 0 radical (unpaired) electrons.